The second-order valence-corrected chi connectivity index (χ2v) is 20.4. The van der Waals surface area contributed by atoms with Crippen LogP contribution in [-0.2, 0) is 4.79 Å². The minimum Gasteiger partial charge on any atom is -0.394 e. The number of carbonyl (C=O) groups is 1. The van der Waals surface area contributed by atoms with Gasteiger partial charge in [-0.15, -0.1) is 0 Å². The second kappa shape index (κ2) is 60.6. The summed E-state index contributed by atoms with van der Waals surface area (Å²) in [6.45, 7) is 4.20. The molecule has 4 heteroatoms. The number of rotatable bonds is 55. The average molecular weight is 973 g/mol. The van der Waals surface area contributed by atoms with E-state index < -0.39 is 12.1 Å². The molecule has 70 heavy (non-hydrogen) atoms. The lowest BCUT2D eigenvalue weighted by Crippen LogP contribution is -2.45. The summed E-state index contributed by atoms with van der Waals surface area (Å²) in [5, 5.41) is 23.2. The Hall–Kier alpha value is -2.69. The van der Waals surface area contributed by atoms with Crippen molar-refractivity contribution in [3.63, 3.8) is 0 Å². The predicted molar refractivity (Wildman–Crippen MR) is 313 cm³/mol. The van der Waals surface area contributed by atoms with E-state index in [9.17, 15) is 15.0 Å². The Kier molecular flexibility index (Phi) is 58.3. The Bertz CT molecular complexity index is 1290. The third-order valence-corrected chi connectivity index (χ3v) is 13.6. The number of amides is 1. The molecule has 0 radical (unpaired) electrons. The zero-order chi connectivity index (χ0) is 50.6. The van der Waals surface area contributed by atoms with Crippen LogP contribution in [-0.4, -0.2) is 34.9 Å². The molecule has 0 saturated heterocycles. The first-order valence-electron chi connectivity index (χ1n) is 30.5. The number of unbranched alkanes of at least 4 members (excludes halogenated alkanes) is 34. The second-order valence-electron chi connectivity index (χ2n) is 20.4. The third kappa shape index (κ3) is 56.2. The minimum atomic E-state index is -0.868. The lowest BCUT2D eigenvalue weighted by Gasteiger charge is -2.19. The molecule has 0 aromatic heterocycles. The molecule has 0 heterocycles. The zero-order valence-electron chi connectivity index (χ0n) is 46.5. The molecule has 0 aliphatic heterocycles. The van der Waals surface area contributed by atoms with Crippen molar-refractivity contribution < 1.29 is 15.0 Å². The van der Waals surface area contributed by atoms with Crippen molar-refractivity contribution in [2.75, 3.05) is 6.61 Å². The van der Waals surface area contributed by atoms with Crippen LogP contribution < -0.4 is 5.32 Å². The van der Waals surface area contributed by atoms with Crippen LogP contribution in [0.5, 0.6) is 0 Å². The summed E-state index contributed by atoms with van der Waals surface area (Å²) >= 11 is 0. The lowest BCUT2D eigenvalue weighted by atomic mass is 10.0. The number of aliphatic hydroxyl groups excluding tert-OH is 2. The molecule has 0 fully saturated rings. The topological polar surface area (TPSA) is 69.6 Å². The molecule has 2 atom stereocenters. The quantitative estimate of drug-likeness (QED) is 0.0420. The van der Waals surface area contributed by atoms with Gasteiger partial charge in [-0.05, 0) is 83.5 Å². The highest BCUT2D eigenvalue weighted by atomic mass is 16.3. The van der Waals surface area contributed by atoms with E-state index in [1.165, 1.54) is 205 Å². The Balaban J connectivity index is 3.54. The van der Waals surface area contributed by atoms with Crippen molar-refractivity contribution in [3.05, 3.63) is 97.2 Å². The van der Waals surface area contributed by atoms with Crippen LogP contribution in [0, 0.1) is 0 Å². The van der Waals surface area contributed by atoms with Crippen LogP contribution in [0.15, 0.2) is 97.2 Å². The smallest absolute Gasteiger partial charge is 0.220 e. The van der Waals surface area contributed by atoms with Crippen molar-refractivity contribution in [3.8, 4) is 0 Å². The number of hydrogen-bond donors (Lipinski definition) is 3. The first kappa shape index (κ1) is 67.3. The fraction of sp³-hybridized carbons (Fsp3) is 0.742. The maximum Gasteiger partial charge on any atom is 0.220 e. The molecule has 404 valence electrons. The largest absolute Gasteiger partial charge is 0.394 e. The zero-order valence-corrected chi connectivity index (χ0v) is 46.5. The van der Waals surface area contributed by atoms with E-state index in [1.54, 1.807) is 6.08 Å². The summed E-state index contributed by atoms with van der Waals surface area (Å²) in [6.07, 6.45) is 90.2. The van der Waals surface area contributed by atoms with Crippen molar-refractivity contribution in [1.29, 1.82) is 0 Å². The lowest BCUT2D eigenvalue weighted by molar-refractivity contribution is -0.123. The van der Waals surface area contributed by atoms with Gasteiger partial charge in [0.05, 0.1) is 18.8 Å². The maximum absolute atomic E-state index is 12.5. The van der Waals surface area contributed by atoms with Gasteiger partial charge in [-0.25, -0.2) is 0 Å². The molecule has 4 nitrogen and oxygen atoms in total. The van der Waals surface area contributed by atoms with Crippen LogP contribution in [0.2, 0.25) is 0 Å². The van der Waals surface area contributed by atoms with Gasteiger partial charge in [-0.1, -0.05) is 304 Å². The van der Waals surface area contributed by atoms with Crippen LogP contribution in [0.25, 0.3) is 0 Å². The number of carbonyl (C=O) groups excluding carboxylic acids is 1. The van der Waals surface area contributed by atoms with Crippen LogP contribution in [0.1, 0.15) is 296 Å². The number of aliphatic hydroxyl groups is 2. The van der Waals surface area contributed by atoms with Gasteiger partial charge in [0.1, 0.15) is 0 Å². The third-order valence-electron chi connectivity index (χ3n) is 13.6. The summed E-state index contributed by atoms with van der Waals surface area (Å²) in [5.74, 6) is -0.0749. The van der Waals surface area contributed by atoms with Gasteiger partial charge in [0, 0.05) is 6.42 Å². The van der Waals surface area contributed by atoms with E-state index in [2.05, 4.69) is 104 Å². The van der Waals surface area contributed by atoms with Crippen LogP contribution in [0.4, 0.5) is 0 Å². The van der Waals surface area contributed by atoms with Crippen LogP contribution in [0.3, 0.4) is 0 Å². The van der Waals surface area contributed by atoms with Gasteiger partial charge in [-0.3, -0.25) is 4.79 Å². The normalized spacial score (nSPS) is 13.5. The highest BCUT2D eigenvalue weighted by Gasteiger charge is 2.18. The van der Waals surface area contributed by atoms with E-state index >= 15 is 0 Å². The Morgan fingerprint density at radius 1 is 0.357 bits per heavy atom. The molecule has 0 aliphatic rings. The Morgan fingerprint density at radius 3 is 1.00 bits per heavy atom. The Labute approximate surface area is 436 Å². The molecule has 0 aromatic rings. The van der Waals surface area contributed by atoms with E-state index in [1.807, 2.05) is 6.08 Å². The minimum absolute atomic E-state index is 0.0749. The summed E-state index contributed by atoms with van der Waals surface area (Å²) in [7, 11) is 0. The molecule has 0 bridgehead atoms. The Morgan fingerprint density at radius 2 is 0.643 bits per heavy atom. The molecular formula is C66H117NO3. The van der Waals surface area contributed by atoms with E-state index in [0.717, 1.165) is 70.6 Å². The van der Waals surface area contributed by atoms with E-state index in [4.69, 9.17) is 0 Å². The van der Waals surface area contributed by atoms with Gasteiger partial charge >= 0.3 is 0 Å². The summed E-state index contributed by atoms with van der Waals surface area (Å²) in [5.41, 5.74) is 0. The molecule has 1 amide bonds. The van der Waals surface area contributed by atoms with Gasteiger partial charge < -0.3 is 15.5 Å². The van der Waals surface area contributed by atoms with Crippen molar-refractivity contribution >= 4 is 5.91 Å². The molecule has 0 aromatic carbocycles. The maximum atomic E-state index is 12.5. The van der Waals surface area contributed by atoms with Gasteiger partial charge in [0.25, 0.3) is 0 Å². The highest BCUT2D eigenvalue weighted by molar-refractivity contribution is 5.76. The standard InChI is InChI=1S/C66H117NO3/c1-3-5-7-9-11-13-15-17-19-21-23-25-27-29-30-31-32-33-34-35-36-38-40-42-44-46-48-50-52-54-56-58-60-62-66(70)67-64(63-68)65(69)61-59-57-55-53-51-49-47-45-43-41-39-37-28-26-24-22-20-18-16-14-12-10-8-6-4-2/h5,7,11,13,17,19,23,25,29-30,32-33,51,53,59,61,64-65,68-69H,3-4,6,8-10,12,14-16,18,20-22,24,26-28,31,34-50,52,54-58,60,62-63H2,1-2H3,(H,67,70)/b7-5-,13-11-,19-17-,25-23-,30-29-,33-32-,53-51+,61-59+. The first-order valence-corrected chi connectivity index (χ1v) is 30.5. The fourth-order valence-corrected chi connectivity index (χ4v) is 8.97. The summed E-state index contributed by atoms with van der Waals surface area (Å²) < 4.78 is 0. The predicted octanol–water partition coefficient (Wildman–Crippen LogP) is 20.5. The highest BCUT2D eigenvalue weighted by Crippen LogP contribution is 2.17. The summed E-state index contributed by atoms with van der Waals surface area (Å²) in [6, 6.07) is -0.646. The molecular weight excluding hydrogens is 855 g/mol. The summed E-state index contributed by atoms with van der Waals surface area (Å²) in [4.78, 5) is 12.5. The molecule has 0 rings (SSSR count). The van der Waals surface area contributed by atoms with Crippen molar-refractivity contribution in [2.24, 2.45) is 0 Å². The number of nitrogens with one attached hydrogen (secondary N) is 1. The van der Waals surface area contributed by atoms with Gasteiger partial charge in [0.2, 0.25) is 5.91 Å². The average Bonchev–Trinajstić information content (AvgIpc) is 3.36. The molecule has 2 unspecified atom stereocenters. The molecule has 0 aliphatic carbocycles. The van der Waals surface area contributed by atoms with Crippen LogP contribution >= 0.6 is 0 Å². The monoisotopic (exact) mass is 972 g/mol. The van der Waals surface area contributed by atoms with Crippen molar-refractivity contribution in [1.82, 2.24) is 5.32 Å². The van der Waals surface area contributed by atoms with E-state index in [0.29, 0.717) is 6.42 Å². The molecule has 0 saturated carbocycles. The van der Waals surface area contributed by atoms with Gasteiger partial charge in [-0.2, -0.15) is 0 Å². The fourth-order valence-electron chi connectivity index (χ4n) is 8.97. The number of allylic oxidation sites excluding steroid dienone is 15. The first-order chi connectivity index (χ1) is 34.7. The van der Waals surface area contributed by atoms with E-state index in [-0.39, 0.29) is 12.5 Å². The van der Waals surface area contributed by atoms with Gasteiger partial charge in [0.15, 0.2) is 0 Å². The van der Waals surface area contributed by atoms with Crippen molar-refractivity contribution in [2.45, 2.75) is 309 Å². The molecule has 3 N–H and O–H groups in total. The number of hydrogen-bond acceptors (Lipinski definition) is 3. The SMILES string of the molecule is CC/C=C\C/C=C\C/C=C\C/C=C\C/C=C\C/C=C\CCCCCCCCCCCCCCCCC(=O)NC(CO)C(O)/C=C/CC/C=C/CCCCCCCCCCCCCCCCCCCCC. The molecule has 0 spiro atoms.